The monoisotopic (exact) mass is 281 g/mol. The van der Waals surface area contributed by atoms with Gasteiger partial charge in [0.25, 0.3) is 5.69 Å². The number of halogens is 1. The summed E-state index contributed by atoms with van der Waals surface area (Å²) in [6.07, 6.45) is 1.67. The lowest BCUT2D eigenvalue weighted by Crippen LogP contribution is -2.02. The van der Waals surface area contributed by atoms with E-state index in [1.54, 1.807) is 23.0 Å². The Balaban J connectivity index is 2.25. The average Bonchev–Trinajstić information content (AvgIpc) is 2.65. The van der Waals surface area contributed by atoms with Crippen LogP contribution in [-0.4, -0.2) is 14.7 Å². The Bertz CT molecular complexity index is 524. The van der Waals surface area contributed by atoms with Gasteiger partial charge in [0.05, 0.1) is 17.7 Å². The van der Waals surface area contributed by atoms with E-state index in [2.05, 4.69) is 21.0 Å². The van der Waals surface area contributed by atoms with Crippen LogP contribution in [0, 0.1) is 10.1 Å². The lowest BCUT2D eigenvalue weighted by molar-refractivity contribution is -0.384. The first kappa shape index (κ1) is 10.8. The van der Waals surface area contributed by atoms with Gasteiger partial charge in [-0.3, -0.25) is 14.8 Å². The molecule has 0 spiro atoms. The zero-order valence-electron chi connectivity index (χ0n) is 8.21. The smallest absolute Gasteiger partial charge is 0.258 e. The van der Waals surface area contributed by atoms with E-state index in [0.717, 1.165) is 10.2 Å². The molecular formula is C10H8BrN3O2. The molecule has 0 bridgehead atoms. The van der Waals surface area contributed by atoms with Gasteiger partial charge in [-0.25, -0.2) is 0 Å². The molecule has 0 saturated heterocycles. The van der Waals surface area contributed by atoms with Gasteiger partial charge < -0.3 is 0 Å². The predicted octanol–water partition coefficient (Wildman–Crippen LogP) is 2.60. The molecule has 0 unspecified atom stereocenters. The van der Waals surface area contributed by atoms with Crippen molar-refractivity contribution in [3.63, 3.8) is 0 Å². The fourth-order valence-corrected chi connectivity index (χ4v) is 1.71. The Morgan fingerprint density at radius 2 is 2.25 bits per heavy atom. The van der Waals surface area contributed by atoms with Crippen LogP contribution in [0.25, 0.3) is 0 Å². The molecule has 0 aliphatic carbocycles. The van der Waals surface area contributed by atoms with Crippen molar-refractivity contribution < 1.29 is 4.92 Å². The maximum atomic E-state index is 10.6. The lowest BCUT2D eigenvalue weighted by Gasteiger charge is -2.03. The van der Waals surface area contributed by atoms with Gasteiger partial charge in [0.2, 0.25) is 0 Å². The SMILES string of the molecule is O=[N+]([O-])c1cccc(Cn2nccc2Br)c1. The van der Waals surface area contributed by atoms with Crippen molar-refractivity contribution in [2.75, 3.05) is 0 Å². The first-order valence-electron chi connectivity index (χ1n) is 4.57. The molecule has 0 fully saturated rings. The summed E-state index contributed by atoms with van der Waals surface area (Å²) < 4.78 is 2.57. The van der Waals surface area contributed by atoms with Gasteiger partial charge >= 0.3 is 0 Å². The molecule has 2 aromatic rings. The van der Waals surface area contributed by atoms with Crippen molar-refractivity contribution in [2.45, 2.75) is 6.54 Å². The molecule has 5 nitrogen and oxygen atoms in total. The molecule has 0 saturated carbocycles. The van der Waals surface area contributed by atoms with Crippen molar-refractivity contribution in [2.24, 2.45) is 0 Å². The Morgan fingerprint density at radius 1 is 1.44 bits per heavy atom. The van der Waals surface area contributed by atoms with Crippen LogP contribution in [0.5, 0.6) is 0 Å². The molecule has 0 aliphatic heterocycles. The summed E-state index contributed by atoms with van der Waals surface area (Å²) in [4.78, 5) is 10.2. The van der Waals surface area contributed by atoms with E-state index in [4.69, 9.17) is 0 Å². The molecule has 0 atom stereocenters. The lowest BCUT2D eigenvalue weighted by atomic mass is 10.2. The second-order valence-electron chi connectivity index (χ2n) is 3.24. The van der Waals surface area contributed by atoms with Crippen LogP contribution in [0.3, 0.4) is 0 Å². The van der Waals surface area contributed by atoms with Crippen LogP contribution in [0.4, 0.5) is 5.69 Å². The predicted molar refractivity (Wildman–Crippen MR) is 62.1 cm³/mol. The molecule has 1 aromatic heterocycles. The minimum atomic E-state index is -0.401. The molecule has 0 amide bonds. The van der Waals surface area contributed by atoms with Crippen molar-refractivity contribution in [3.8, 4) is 0 Å². The summed E-state index contributed by atoms with van der Waals surface area (Å²) in [5, 5.41) is 14.7. The second-order valence-corrected chi connectivity index (χ2v) is 4.05. The van der Waals surface area contributed by atoms with Crippen molar-refractivity contribution in [3.05, 3.63) is 56.8 Å². The molecule has 6 heteroatoms. The van der Waals surface area contributed by atoms with E-state index in [1.807, 2.05) is 12.1 Å². The van der Waals surface area contributed by atoms with Gasteiger partial charge in [0.15, 0.2) is 0 Å². The van der Waals surface area contributed by atoms with Crippen LogP contribution in [0.1, 0.15) is 5.56 Å². The summed E-state index contributed by atoms with van der Waals surface area (Å²) in [5.74, 6) is 0. The molecule has 16 heavy (non-hydrogen) atoms. The average molecular weight is 282 g/mol. The van der Waals surface area contributed by atoms with E-state index in [-0.39, 0.29) is 5.69 Å². The van der Waals surface area contributed by atoms with Gasteiger partial charge in [-0.2, -0.15) is 5.10 Å². The van der Waals surface area contributed by atoms with E-state index in [1.165, 1.54) is 6.07 Å². The van der Waals surface area contributed by atoms with Gasteiger partial charge in [-0.1, -0.05) is 12.1 Å². The molecule has 82 valence electrons. The Labute approximate surface area is 100.0 Å². The third-order valence-electron chi connectivity index (χ3n) is 2.12. The highest BCUT2D eigenvalue weighted by Gasteiger charge is 2.06. The van der Waals surface area contributed by atoms with Crippen molar-refractivity contribution in [1.29, 1.82) is 0 Å². The largest absolute Gasteiger partial charge is 0.269 e. The maximum Gasteiger partial charge on any atom is 0.269 e. The standard InChI is InChI=1S/C10H8BrN3O2/c11-10-4-5-12-13(10)7-8-2-1-3-9(6-8)14(15)16/h1-6H,7H2. The zero-order valence-corrected chi connectivity index (χ0v) is 9.79. The van der Waals surface area contributed by atoms with Crippen LogP contribution in [0.15, 0.2) is 41.1 Å². The molecule has 0 radical (unpaired) electrons. The van der Waals surface area contributed by atoms with E-state index >= 15 is 0 Å². The maximum absolute atomic E-state index is 10.6. The normalized spacial score (nSPS) is 10.3. The fourth-order valence-electron chi connectivity index (χ4n) is 1.37. The number of benzene rings is 1. The fraction of sp³-hybridized carbons (Fsp3) is 0.100. The highest BCUT2D eigenvalue weighted by atomic mass is 79.9. The Hall–Kier alpha value is -1.69. The van der Waals surface area contributed by atoms with Crippen LogP contribution in [0.2, 0.25) is 0 Å². The third kappa shape index (κ3) is 2.27. The Morgan fingerprint density at radius 3 is 2.88 bits per heavy atom. The number of non-ortho nitro benzene ring substituents is 1. The summed E-state index contributed by atoms with van der Waals surface area (Å²) in [7, 11) is 0. The number of hydrogen-bond acceptors (Lipinski definition) is 3. The molecular weight excluding hydrogens is 274 g/mol. The Kier molecular flexibility index (Phi) is 3.00. The molecule has 1 heterocycles. The van der Waals surface area contributed by atoms with E-state index in [9.17, 15) is 10.1 Å². The van der Waals surface area contributed by atoms with E-state index < -0.39 is 4.92 Å². The number of nitrogens with zero attached hydrogens (tertiary/aromatic N) is 3. The molecule has 0 aliphatic rings. The first-order chi connectivity index (χ1) is 7.66. The highest BCUT2D eigenvalue weighted by Crippen LogP contribution is 2.16. The second kappa shape index (κ2) is 4.44. The summed E-state index contributed by atoms with van der Waals surface area (Å²) >= 11 is 3.34. The van der Waals surface area contributed by atoms with Gasteiger partial charge in [-0.05, 0) is 27.6 Å². The van der Waals surface area contributed by atoms with E-state index in [0.29, 0.717) is 6.54 Å². The highest BCUT2D eigenvalue weighted by molar-refractivity contribution is 9.10. The molecule has 0 N–H and O–H groups in total. The number of nitro benzene ring substituents is 1. The quantitative estimate of drug-likeness (QED) is 0.642. The molecule has 2 rings (SSSR count). The van der Waals surface area contributed by atoms with Crippen LogP contribution < -0.4 is 0 Å². The van der Waals surface area contributed by atoms with Crippen LogP contribution >= 0.6 is 15.9 Å². The summed E-state index contributed by atoms with van der Waals surface area (Å²) in [6, 6.07) is 8.35. The van der Waals surface area contributed by atoms with Crippen molar-refractivity contribution in [1.82, 2.24) is 9.78 Å². The summed E-state index contributed by atoms with van der Waals surface area (Å²) in [5.41, 5.74) is 0.944. The van der Waals surface area contributed by atoms with Gasteiger partial charge in [-0.15, -0.1) is 0 Å². The van der Waals surface area contributed by atoms with Crippen molar-refractivity contribution >= 4 is 21.6 Å². The minimum absolute atomic E-state index is 0.0979. The third-order valence-corrected chi connectivity index (χ3v) is 2.79. The number of hydrogen-bond donors (Lipinski definition) is 0. The first-order valence-corrected chi connectivity index (χ1v) is 5.37. The van der Waals surface area contributed by atoms with Gasteiger partial charge in [0.1, 0.15) is 4.60 Å². The van der Waals surface area contributed by atoms with Gasteiger partial charge in [0, 0.05) is 12.1 Å². The zero-order chi connectivity index (χ0) is 11.5. The number of nitro groups is 1. The van der Waals surface area contributed by atoms with Crippen LogP contribution in [-0.2, 0) is 6.54 Å². The summed E-state index contributed by atoms with van der Waals surface area (Å²) in [6.45, 7) is 0.509. The number of rotatable bonds is 3. The molecule has 1 aromatic carbocycles. The number of aromatic nitrogens is 2. The minimum Gasteiger partial charge on any atom is -0.258 e. The topological polar surface area (TPSA) is 61.0 Å².